The molecule has 5 aromatic carbocycles. The molecule has 0 saturated carbocycles. The zero-order valence-corrected chi connectivity index (χ0v) is 24.9. The second-order valence-electron chi connectivity index (χ2n) is 12.4. The van der Waals surface area contributed by atoms with Crippen molar-refractivity contribution in [3.05, 3.63) is 151 Å². The summed E-state index contributed by atoms with van der Waals surface area (Å²) in [5.41, 5.74) is 4.35. The van der Waals surface area contributed by atoms with E-state index in [9.17, 15) is 0 Å². The smallest absolute Gasteiger partial charge is 0.163 e. The van der Waals surface area contributed by atoms with Gasteiger partial charge >= 0.3 is 0 Å². The Morgan fingerprint density at radius 1 is 0.523 bits per heavy atom. The average Bonchev–Trinajstić information content (AvgIpc) is 3.08. The molecule has 2 aliphatic carbocycles. The van der Waals surface area contributed by atoms with Gasteiger partial charge in [-0.05, 0) is 56.1 Å². The molecule has 3 nitrogen and oxygen atoms in total. The Bertz CT molecular complexity index is 2120. The Labute approximate surface area is 258 Å². The maximum atomic E-state index is 5.16. The minimum absolute atomic E-state index is 0.00553. The maximum absolute atomic E-state index is 5.16. The topological polar surface area (TPSA) is 38.7 Å². The van der Waals surface area contributed by atoms with Gasteiger partial charge in [0.15, 0.2) is 11.6 Å². The van der Waals surface area contributed by atoms with Crippen molar-refractivity contribution in [1.29, 1.82) is 0 Å². The van der Waals surface area contributed by atoms with E-state index in [-0.39, 0.29) is 11.3 Å². The van der Waals surface area contributed by atoms with Gasteiger partial charge in [0.05, 0.1) is 0 Å². The Balaban J connectivity index is 1.23. The number of benzene rings is 5. The molecule has 0 radical (unpaired) electrons. The van der Waals surface area contributed by atoms with Gasteiger partial charge in [-0.25, -0.2) is 15.0 Å². The van der Waals surface area contributed by atoms with Gasteiger partial charge in [-0.3, -0.25) is 0 Å². The third kappa shape index (κ3) is 4.57. The van der Waals surface area contributed by atoms with Crippen LogP contribution in [0.1, 0.15) is 25.6 Å². The number of hydrogen-bond donors (Lipinski definition) is 0. The molecule has 0 bridgehead atoms. The van der Waals surface area contributed by atoms with Crippen LogP contribution in [-0.4, -0.2) is 15.0 Å². The first-order valence-corrected chi connectivity index (χ1v) is 15.4. The van der Waals surface area contributed by atoms with E-state index in [4.69, 9.17) is 15.0 Å². The van der Waals surface area contributed by atoms with Crippen molar-refractivity contribution in [1.82, 2.24) is 15.0 Å². The molecule has 0 amide bonds. The lowest BCUT2D eigenvalue weighted by Gasteiger charge is -2.45. The quantitative estimate of drug-likeness (QED) is 0.199. The molecule has 44 heavy (non-hydrogen) atoms. The van der Waals surface area contributed by atoms with Gasteiger partial charge in [0, 0.05) is 23.0 Å². The first kappa shape index (κ1) is 26.5. The predicted molar refractivity (Wildman–Crippen MR) is 182 cm³/mol. The molecular weight excluding hydrogens is 534 g/mol. The molecule has 0 N–H and O–H groups in total. The Kier molecular flexibility index (Phi) is 6.34. The highest BCUT2D eigenvalue weighted by molar-refractivity contribution is 5.88. The van der Waals surface area contributed by atoms with Gasteiger partial charge in [0.25, 0.3) is 0 Å². The van der Waals surface area contributed by atoms with Gasteiger partial charge < -0.3 is 0 Å². The summed E-state index contributed by atoms with van der Waals surface area (Å²) < 4.78 is 0. The van der Waals surface area contributed by atoms with E-state index in [1.165, 1.54) is 32.7 Å². The van der Waals surface area contributed by atoms with Crippen molar-refractivity contribution in [2.75, 3.05) is 0 Å². The first-order chi connectivity index (χ1) is 21.5. The minimum Gasteiger partial charge on any atom is -0.212 e. The van der Waals surface area contributed by atoms with Gasteiger partial charge in [0.2, 0.25) is 0 Å². The molecule has 4 unspecified atom stereocenters. The highest BCUT2D eigenvalue weighted by atomic mass is 15.0. The number of fused-ring (bicyclic) bond motifs is 3. The molecule has 1 heterocycles. The monoisotopic (exact) mass is 567 g/mol. The Morgan fingerprint density at radius 3 is 1.80 bits per heavy atom. The minimum atomic E-state index is 0.00553. The molecule has 0 saturated heterocycles. The van der Waals surface area contributed by atoms with E-state index >= 15 is 0 Å². The Hall–Kier alpha value is -5.15. The van der Waals surface area contributed by atoms with E-state index in [1.807, 2.05) is 0 Å². The van der Waals surface area contributed by atoms with Crippen LogP contribution >= 0.6 is 0 Å². The van der Waals surface area contributed by atoms with Gasteiger partial charge in [-0.1, -0.05) is 147 Å². The van der Waals surface area contributed by atoms with Crippen LogP contribution in [0.5, 0.6) is 0 Å². The number of hydrogen-bond acceptors (Lipinski definition) is 3. The molecular formula is C41H33N3. The summed E-state index contributed by atoms with van der Waals surface area (Å²) in [6.07, 6.45) is 13.6. The van der Waals surface area contributed by atoms with E-state index in [0.29, 0.717) is 23.5 Å². The summed E-state index contributed by atoms with van der Waals surface area (Å²) >= 11 is 0. The van der Waals surface area contributed by atoms with Gasteiger partial charge in [0.1, 0.15) is 5.82 Å². The van der Waals surface area contributed by atoms with E-state index in [0.717, 1.165) is 17.0 Å². The van der Waals surface area contributed by atoms with Crippen LogP contribution in [0.2, 0.25) is 0 Å². The molecule has 1 aromatic heterocycles. The Morgan fingerprint density at radius 2 is 1.09 bits per heavy atom. The molecule has 212 valence electrons. The lowest BCUT2D eigenvalue weighted by Crippen LogP contribution is -2.38. The van der Waals surface area contributed by atoms with Crippen LogP contribution < -0.4 is 0 Å². The summed E-state index contributed by atoms with van der Waals surface area (Å²) in [4.78, 5) is 15.4. The molecule has 0 fully saturated rings. The predicted octanol–water partition coefficient (Wildman–Crippen LogP) is 10.2. The fourth-order valence-corrected chi connectivity index (χ4v) is 6.90. The molecule has 2 aliphatic rings. The normalized spacial score (nSPS) is 22.4. The molecule has 6 aromatic rings. The fraction of sp³-hybridized carbons (Fsp3) is 0.146. The summed E-state index contributed by atoms with van der Waals surface area (Å²) in [6, 6.07) is 38.6. The number of aromatic nitrogens is 3. The van der Waals surface area contributed by atoms with Crippen LogP contribution in [0.15, 0.2) is 146 Å². The van der Waals surface area contributed by atoms with Crippen LogP contribution in [0, 0.1) is 17.3 Å². The second kappa shape index (κ2) is 10.5. The molecule has 0 spiro atoms. The van der Waals surface area contributed by atoms with Crippen molar-refractivity contribution in [2.24, 2.45) is 17.3 Å². The summed E-state index contributed by atoms with van der Waals surface area (Å²) in [6.45, 7) is 4.69. The van der Waals surface area contributed by atoms with Crippen LogP contribution in [0.3, 0.4) is 0 Å². The molecule has 0 aliphatic heterocycles. The van der Waals surface area contributed by atoms with Crippen LogP contribution in [0.25, 0.3) is 55.4 Å². The van der Waals surface area contributed by atoms with Crippen LogP contribution in [0.4, 0.5) is 0 Å². The number of rotatable bonds is 4. The number of nitrogens with zero attached hydrogens (tertiary/aromatic N) is 3. The van der Waals surface area contributed by atoms with E-state index in [2.05, 4.69) is 159 Å². The van der Waals surface area contributed by atoms with Crippen molar-refractivity contribution < 1.29 is 0 Å². The zero-order chi connectivity index (χ0) is 29.7. The van der Waals surface area contributed by atoms with Crippen molar-refractivity contribution in [3.63, 3.8) is 0 Å². The lowest BCUT2D eigenvalue weighted by molar-refractivity contribution is 0.192. The fourth-order valence-electron chi connectivity index (χ4n) is 6.90. The molecule has 8 rings (SSSR count). The van der Waals surface area contributed by atoms with Gasteiger partial charge in [-0.15, -0.1) is 0 Å². The summed E-state index contributed by atoms with van der Waals surface area (Å²) in [5, 5.41) is 4.87. The van der Waals surface area contributed by atoms with Crippen molar-refractivity contribution >= 4 is 21.5 Å². The third-order valence-electron chi connectivity index (χ3n) is 9.83. The second-order valence-corrected chi connectivity index (χ2v) is 12.4. The average molecular weight is 568 g/mol. The van der Waals surface area contributed by atoms with E-state index < -0.39 is 0 Å². The van der Waals surface area contributed by atoms with Crippen molar-refractivity contribution in [3.8, 4) is 33.9 Å². The summed E-state index contributed by atoms with van der Waals surface area (Å²) in [5.74, 6) is 3.00. The highest BCUT2D eigenvalue weighted by Gasteiger charge is 2.43. The maximum Gasteiger partial charge on any atom is 0.163 e. The van der Waals surface area contributed by atoms with Crippen molar-refractivity contribution in [2.45, 2.75) is 19.8 Å². The molecule has 3 heteroatoms. The van der Waals surface area contributed by atoms with E-state index in [1.54, 1.807) is 0 Å². The largest absolute Gasteiger partial charge is 0.212 e. The van der Waals surface area contributed by atoms with Crippen LogP contribution in [-0.2, 0) is 0 Å². The number of allylic oxidation sites excluding steroid dienone is 6. The highest BCUT2D eigenvalue weighted by Crippen LogP contribution is 2.50. The zero-order valence-electron chi connectivity index (χ0n) is 24.9. The first-order valence-electron chi connectivity index (χ1n) is 15.4. The lowest BCUT2D eigenvalue weighted by atomic mass is 9.59. The SMILES string of the molecule is CC1C(c2nc(-c3ccc(-c4ccc5ccccc5c4)cc3)nc(-c3ccc4ccccc4c3)n2)C=CC2C=CC=CC21C. The standard InChI is InChI=1S/C41H33N3/c1-27-37(23-22-36-13-7-8-24-41(27,36)2)40-43-38(42-39(44-40)35-21-17-29-10-4-6-12-33(29)26-35)31-18-14-30(15-19-31)34-20-16-28-9-3-5-11-32(28)25-34/h3-27,36-37H,1-2H3. The third-order valence-corrected chi connectivity index (χ3v) is 9.83. The molecule has 4 atom stereocenters. The van der Waals surface area contributed by atoms with Gasteiger partial charge in [-0.2, -0.15) is 0 Å². The summed E-state index contributed by atoms with van der Waals surface area (Å²) in [7, 11) is 0.